The molecule has 23 heavy (non-hydrogen) atoms. The second kappa shape index (κ2) is 6.37. The number of rotatable bonds is 5. The maximum Gasteiger partial charge on any atom is 0.233 e. The van der Waals surface area contributed by atoms with E-state index in [9.17, 15) is 9.59 Å². The van der Waals surface area contributed by atoms with Gasteiger partial charge in [-0.1, -0.05) is 38.1 Å². The first-order valence-electron chi connectivity index (χ1n) is 8.24. The minimum atomic E-state index is -0.417. The van der Waals surface area contributed by atoms with Gasteiger partial charge < -0.3 is 4.90 Å². The van der Waals surface area contributed by atoms with Crippen molar-refractivity contribution < 1.29 is 9.59 Å². The van der Waals surface area contributed by atoms with Crippen molar-refractivity contribution in [2.45, 2.75) is 26.7 Å². The summed E-state index contributed by atoms with van der Waals surface area (Å²) < 4.78 is 0. The van der Waals surface area contributed by atoms with Gasteiger partial charge in [-0.3, -0.25) is 9.59 Å². The average Bonchev–Trinajstić information content (AvgIpc) is 2.56. The molecule has 0 unspecified atom stereocenters. The summed E-state index contributed by atoms with van der Waals surface area (Å²) in [7, 11) is 0. The molecule has 0 heterocycles. The lowest BCUT2D eigenvalue weighted by molar-refractivity contribution is -0.111. The zero-order valence-electron chi connectivity index (χ0n) is 13.6. The number of carbonyl (C=O) groups excluding carboxylic acids is 2. The maximum atomic E-state index is 12.3. The minimum Gasteiger partial charge on any atom is -0.371 e. The summed E-state index contributed by atoms with van der Waals surface area (Å²) in [5, 5.41) is 2.08. The Labute approximate surface area is 136 Å². The minimum absolute atomic E-state index is 0.401. The first-order valence-corrected chi connectivity index (χ1v) is 8.24. The molecule has 0 bridgehead atoms. The molecule has 0 aromatic heterocycles. The van der Waals surface area contributed by atoms with Gasteiger partial charge in [0.1, 0.15) is 0 Å². The van der Waals surface area contributed by atoms with Gasteiger partial charge in [0.25, 0.3) is 0 Å². The van der Waals surface area contributed by atoms with E-state index in [1.807, 2.05) is 36.4 Å². The van der Waals surface area contributed by atoms with Gasteiger partial charge in [-0.05, 0) is 35.7 Å². The van der Waals surface area contributed by atoms with E-state index in [1.165, 1.54) is 6.08 Å². The Morgan fingerprint density at radius 2 is 1.43 bits per heavy atom. The number of fused-ring (bicyclic) bond motifs is 2. The van der Waals surface area contributed by atoms with E-state index in [1.54, 1.807) is 0 Å². The van der Waals surface area contributed by atoms with Crippen molar-refractivity contribution in [2.75, 3.05) is 13.1 Å². The highest BCUT2D eigenvalue weighted by atomic mass is 16.2. The van der Waals surface area contributed by atoms with Crippen LogP contribution in [0.1, 0.15) is 42.6 Å². The lowest BCUT2D eigenvalue weighted by atomic mass is 9.89. The third-order valence-electron chi connectivity index (χ3n) is 4.23. The van der Waals surface area contributed by atoms with Crippen LogP contribution in [0.5, 0.6) is 0 Å². The summed E-state index contributed by atoms with van der Waals surface area (Å²) in [6.45, 7) is 6.02. The van der Waals surface area contributed by atoms with Crippen molar-refractivity contribution in [3.8, 4) is 0 Å². The fourth-order valence-corrected chi connectivity index (χ4v) is 3.19. The Kier molecular flexibility index (Phi) is 4.28. The molecule has 2 aromatic rings. The monoisotopic (exact) mass is 307 g/mol. The number of benzene rings is 2. The lowest BCUT2D eigenvalue weighted by Crippen LogP contribution is -2.29. The van der Waals surface area contributed by atoms with Crippen LogP contribution in [0.15, 0.2) is 42.5 Å². The predicted octanol–water partition coefficient (Wildman–Crippen LogP) is 4.07. The van der Waals surface area contributed by atoms with Gasteiger partial charge in [0.05, 0.1) is 0 Å². The van der Waals surface area contributed by atoms with Gasteiger partial charge in [0.15, 0.2) is 0 Å². The van der Waals surface area contributed by atoms with E-state index in [4.69, 9.17) is 0 Å². The van der Waals surface area contributed by atoms with Crippen LogP contribution in [0.25, 0.3) is 16.5 Å². The van der Waals surface area contributed by atoms with Gasteiger partial charge in [-0.25, -0.2) is 0 Å². The van der Waals surface area contributed by atoms with Gasteiger partial charge in [0, 0.05) is 36.0 Å². The molecule has 3 rings (SSSR count). The van der Waals surface area contributed by atoms with Gasteiger partial charge in [-0.15, -0.1) is 0 Å². The van der Waals surface area contributed by atoms with E-state index < -0.39 is 11.6 Å². The molecular formula is C20H21NO2. The predicted molar refractivity (Wildman–Crippen MR) is 93.4 cm³/mol. The van der Waals surface area contributed by atoms with Crippen LogP contribution < -0.4 is 0 Å². The van der Waals surface area contributed by atoms with Crippen molar-refractivity contribution in [3.05, 3.63) is 53.6 Å². The van der Waals surface area contributed by atoms with Crippen molar-refractivity contribution in [2.24, 2.45) is 0 Å². The Bertz CT molecular complexity index is 798. The van der Waals surface area contributed by atoms with Crippen LogP contribution in [0.4, 0.5) is 0 Å². The van der Waals surface area contributed by atoms with Crippen molar-refractivity contribution >= 4 is 28.0 Å². The van der Waals surface area contributed by atoms with Crippen LogP contribution in [0.2, 0.25) is 0 Å². The molecule has 3 nitrogen and oxygen atoms in total. The molecule has 0 saturated heterocycles. The Hall–Kier alpha value is -2.42. The fourth-order valence-electron chi connectivity index (χ4n) is 3.19. The van der Waals surface area contributed by atoms with Gasteiger partial charge in [0.2, 0.25) is 11.6 Å². The molecule has 0 spiro atoms. The third kappa shape index (κ3) is 2.79. The van der Waals surface area contributed by atoms with Crippen LogP contribution in [0, 0.1) is 0 Å². The highest BCUT2D eigenvalue weighted by Gasteiger charge is 2.28. The SMILES string of the molecule is CCCN(CCC)C1=CC(=O)C(=O)c2cc3ccccc3cc21. The van der Waals surface area contributed by atoms with Crippen LogP contribution >= 0.6 is 0 Å². The molecule has 118 valence electrons. The third-order valence-corrected chi connectivity index (χ3v) is 4.23. The van der Waals surface area contributed by atoms with Crippen molar-refractivity contribution in [3.63, 3.8) is 0 Å². The topological polar surface area (TPSA) is 37.4 Å². The first-order chi connectivity index (χ1) is 11.2. The Morgan fingerprint density at radius 3 is 2.00 bits per heavy atom. The van der Waals surface area contributed by atoms with Crippen LogP contribution in [-0.2, 0) is 4.79 Å². The summed E-state index contributed by atoms with van der Waals surface area (Å²) in [6, 6.07) is 11.8. The maximum absolute atomic E-state index is 12.3. The summed E-state index contributed by atoms with van der Waals surface area (Å²) in [5.41, 5.74) is 2.30. The van der Waals surface area contributed by atoms with Gasteiger partial charge in [-0.2, -0.15) is 0 Å². The molecule has 0 fully saturated rings. The lowest BCUT2D eigenvalue weighted by Gasteiger charge is -2.30. The van der Waals surface area contributed by atoms with Crippen molar-refractivity contribution in [1.29, 1.82) is 0 Å². The van der Waals surface area contributed by atoms with E-state index in [0.717, 1.165) is 48.0 Å². The van der Waals surface area contributed by atoms with E-state index in [0.29, 0.717) is 5.56 Å². The molecule has 2 aromatic carbocycles. The molecule has 3 heteroatoms. The van der Waals surface area contributed by atoms with E-state index in [-0.39, 0.29) is 0 Å². The summed E-state index contributed by atoms with van der Waals surface area (Å²) >= 11 is 0. The van der Waals surface area contributed by atoms with E-state index in [2.05, 4.69) is 18.7 Å². The zero-order valence-corrected chi connectivity index (χ0v) is 13.6. The fraction of sp³-hybridized carbons (Fsp3) is 0.300. The second-order valence-electron chi connectivity index (χ2n) is 5.95. The molecule has 0 N–H and O–H groups in total. The number of nitrogens with zero attached hydrogens (tertiary/aromatic N) is 1. The highest BCUT2D eigenvalue weighted by molar-refractivity contribution is 6.50. The molecule has 1 aliphatic carbocycles. The number of carbonyl (C=O) groups is 2. The van der Waals surface area contributed by atoms with Crippen molar-refractivity contribution in [1.82, 2.24) is 4.90 Å². The number of hydrogen-bond donors (Lipinski definition) is 0. The van der Waals surface area contributed by atoms with Gasteiger partial charge >= 0.3 is 0 Å². The Balaban J connectivity index is 2.19. The van der Waals surface area contributed by atoms with E-state index >= 15 is 0 Å². The average molecular weight is 307 g/mol. The smallest absolute Gasteiger partial charge is 0.233 e. The quantitative estimate of drug-likeness (QED) is 0.781. The number of ketones is 2. The number of hydrogen-bond acceptors (Lipinski definition) is 3. The molecule has 0 amide bonds. The van der Waals surface area contributed by atoms with Crippen LogP contribution in [-0.4, -0.2) is 29.6 Å². The van der Waals surface area contributed by atoms with Crippen LogP contribution in [0.3, 0.4) is 0 Å². The second-order valence-corrected chi connectivity index (χ2v) is 5.95. The molecule has 0 saturated carbocycles. The zero-order chi connectivity index (χ0) is 16.4. The Morgan fingerprint density at radius 1 is 0.870 bits per heavy atom. The molecular weight excluding hydrogens is 286 g/mol. The molecule has 0 radical (unpaired) electrons. The molecule has 0 aliphatic heterocycles. The number of allylic oxidation sites excluding steroid dienone is 1. The standard InChI is InChI=1S/C20H21NO2/c1-3-9-21(10-4-2)18-13-19(22)20(23)17-12-15-8-6-5-7-14(15)11-16(17)18/h5-8,11-13H,3-4,9-10H2,1-2H3. The normalized spacial score (nSPS) is 13.9. The number of Topliss-reactive ketones (excluding diaryl/α,β-unsaturated/α-hetero) is 1. The summed E-state index contributed by atoms with van der Waals surface area (Å²) in [4.78, 5) is 26.7. The molecule has 0 atom stereocenters. The summed E-state index contributed by atoms with van der Waals surface area (Å²) in [5.74, 6) is -0.817. The highest BCUT2D eigenvalue weighted by Crippen LogP contribution is 2.32. The largest absolute Gasteiger partial charge is 0.371 e. The first kappa shape index (κ1) is 15.5. The molecule has 1 aliphatic rings. The summed E-state index contributed by atoms with van der Waals surface area (Å²) in [6.07, 6.45) is 3.52.